The van der Waals surface area contributed by atoms with Crippen LogP contribution in [0.3, 0.4) is 0 Å². The summed E-state index contributed by atoms with van der Waals surface area (Å²) in [6.45, 7) is 10.3. The molecule has 7 nitrogen and oxygen atoms in total. The summed E-state index contributed by atoms with van der Waals surface area (Å²) >= 11 is 0. The van der Waals surface area contributed by atoms with Gasteiger partial charge < -0.3 is 10.2 Å². The maximum Gasteiger partial charge on any atom is 0.347 e. The van der Waals surface area contributed by atoms with Crippen LogP contribution in [0.25, 0.3) is 0 Å². The third-order valence-electron chi connectivity index (χ3n) is 5.98. The first-order valence-corrected chi connectivity index (χ1v) is 11.2. The third-order valence-corrected chi connectivity index (χ3v) is 5.98. The molecule has 0 saturated carbocycles. The van der Waals surface area contributed by atoms with Crippen molar-refractivity contribution in [2.75, 3.05) is 16.8 Å². The number of carbonyl (C=O) groups is 2. The number of rotatable bonds is 7. The lowest BCUT2D eigenvalue weighted by atomic mass is 9.99. The van der Waals surface area contributed by atoms with Crippen LogP contribution in [-0.2, 0) is 0 Å². The number of hydrogen-bond acceptors (Lipinski definition) is 3. The predicted octanol–water partition coefficient (Wildman–Crippen LogP) is 5.76. The van der Waals surface area contributed by atoms with Crippen molar-refractivity contribution in [3.8, 4) is 0 Å². The highest BCUT2D eigenvalue weighted by Gasteiger charge is 2.55. The highest BCUT2D eigenvalue weighted by molar-refractivity contribution is 5.98. The Labute approximate surface area is 190 Å². The van der Waals surface area contributed by atoms with Gasteiger partial charge in [0.15, 0.2) is 6.17 Å². The first-order chi connectivity index (χ1) is 15.2. The molecule has 1 aliphatic rings. The summed E-state index contributed by atoms with van der Waals surface area (Å²) in [6, 6.07) is 14.0. The fourth-order valence-electron chi connectivity index (χ4n) is 4.29. The average molecular weight is 439 g/mol. The minimum absolute atomic E-state index is 0.218. The lowest BCUT2D eigenvalue weighted by molar-refractivity contribution is -0.0949. The Morgan fingerprint density at radius 2 is 1.75 bits per heavy atom. The van der Waals surface area contributed by atoms with Gasteiger partial charge in [0.05, 0.1) is 5.54 Å². The first-order valence-electron chi connectivity index (χ1n) is 11.2. The van der Waals surface area contributed by atoms with Gasteiger partial charge in [-0.3, -0.25) is 10.1 Å². The van der Waals surface area contributed by atoms with Gasteiger partial charge in [-0.2, -0.15) is 5.06 Å². The monoisotopic (exact) mass is 438 g/mol. The molecular weight excluding hydrogens is 404 g/mol. The molecule has 32 heavy (non-hydrogen) atoms. The number of carbonyl (C=O) groups excluding carboxylic acids is 2. The summed E-state index contributed by atoms with van der Waals surface area (Å²) in [4.78, 5) is 29.9. The van der Waals surface area contributed by atoms with E-state index in [2.05, 4.69) is 12.2 Å². The zero-order chi connectivity index (χ0) is 23.5. The fraction of sp³-hybridized carbons (Fsp3) is 0.440. The van der Waals surface area contributed by atoms with Gasteiger partial charge >= 0.3 is 12.1 Å². The van der Waals surface area contributed by atoms with Crippen molar-refractivity contribution in [2.45, 2.75) is 65.6 Å². The molecule has 172 valence electrons. The highest BCUT2D eigenvalue weighted by Crippen LogP contribution is 2.38. The van der Waals surface area contributed by atoms with Crippen LogP contribution in [0.4, 0.5) is 21.0 Å². The largest absolute Gasteiger partial charge is 0.347 e. The zero-order valence-corrected chi connectivity index (χ0v) is 19.6. The number of amides is 4. The SMILES string of the molecule is CCCCCN1C(=O)N(c2cccc(C)c2)C(N(O)C(=O)Nc2cccc(C)c2)C1(C)C. The Bertz CT molecular complexity index is 975. The third kappa shape index (κ3) is 4.72. The molecule has 0 radical (unpaired) electrons. The number of anilines is 2. The van der Waals surface area contributed by atoms with Gasteiger partial charge in [0.1, 0.15) is 0 Å². The van der Waals surface area contributed by atoms with E-state index in [1.807, 2.05) is 70.2 Å². The molecule has 0 spiro atoms. The minimum Gasteiger partial charge on any atom is -0.315 e. The van der Waals surface area contributed by atoms with Crippen LogP contribution in [0.2, 0.25) is 0 Å². The molecule has 0 aliphatic carbocycles. The number of nitrogens with zero attached hydrogens (tertiary/aromatic N) is 3. The van der Waals surface area contributed by atoms with Gasteiger partial charge in [0, 0.05) is 17.9 Å². The topological polar surface area (TPSA) is 76.1 Å². The van der Waals surface area contributed by atoms with Crippen LogP contribution in [0.15, 0.2) is 48.5 Å². The Hall–Kier alpha value is -3.06. The second-order valence-electron chi connectivity index (χ2n) is 9.02. The number of nitrogens with one attached hydrogen (secondary N) is 1. The number of unbranched alkanes of at least 4 members (excludes halogenated alkanes) is 2. The molecular formula is C25H34N4O3. The first kappa shape index (κ1) is 23.6. The van der Waals surface area contributed by atoms with Gasteiger partial charge in [0.25, 0.3) is 0 Å². The quantitative estimate of drug-likeness (QED) is 0.328. The predicted molar refractivity (Wildman–Crippen MR) is 127 cm³/mol. The summed E-state index contributed by atoms with van der Waals surface area (Å²) < 4.78 is 0. The molecule has 7 heteroatoms. The fourth-order valence-corrected chi connectivity index (χ4v) is 4.29. The van der Waals surface area contributed by atoms with Crippen molar-refractivity contribution in [1.29, 1.82) is 0 Å². The van der Waals surface area contributed by atoms with Crippen molar-refractivity contribution >= 4 is 23.4 Å². The Kier molecular flexibility index (Phi) is 7.09. The van der Waals surface area contributed by atoms with E-state index < -0.39 is 17.7 Å². The molecule has 4 amide bonds. The lowest BCUT2D eigenvalue weighted by Crippen LogP contribution is -2.58. The second-order valence-corrected chi connectivity index (χ2v) is 9.02. The summed E-state index contributed by atoms with van der Waals surface area (Å²) in [5, 5.41) is 14.5. The van der Waals surface area contributed by atoms with E-state index in [9.17, 15) is 14.8 Å². The Morgan fingerprint density at radius 1 is 1.09 bits per heavy atom. The summed E-state index contributed by atoms with van der Waals surface area (Å²) in [5.74, 6) is 0. The van der Waals surface area contributed by atoms with Crippen molar-refractivity contribution in [3.63, 3.8) is 0 Å². The van der Waals surface area contributed by atoms with Crippen LogP contribution in [0.5, 0.6) is 0 Å². The number of hydroxylamine groups is 2. The van der Waals surface area contributed by atoms with Crippen molar-refractivity contribution in [2.24, 2.45) is 0 Å². The van der Waals surface area contributed by atoms with Crippen molar-refractivity contribution in [1.82, 2.24) is 9.96 Å². The van der Waals surface area contributed by atoms with Gasteiger partial charge in [-0.05, 0) is 69.5 Å². The standard InChI is InChI=1S/C25H34N4O3/c1-6-7-8-15-27-24(31)28(21-14-10-12-19(3)17-21)22(25(27,4)5)29(32)23(30)26-20-13-9-11-18(2)16-20/h9-14,16-17,22,32H,6-8,15H2,1-5H3,(H,26,30). The van der Waals surface area contributed by atoms with E-state index in [0.29, 0.717) is 23.0 Å². The van der Waals surface area contributed by atoms with Gasteiger partial charge in [0.2, 0.25) is 0 Å². The highest BCUT2D eigenvalue weighted by atomic mass is 16.5. The van der Waals surface area contributed by atoms with Gasteiger partial charge in [-0.1, -0.05) is 44.0 Å². The molecule has 2 aromatic rings. The van der Waals surface area contributed by atoms with Crippen molar-refractivity contribution < 1.29 is 14.8 Å². The normalized spacial score (nSPS) is 17.6. The van der Waals surface area contributed by atoms with E-state index in [1.165, 1.54) is 4.90 Å². The molecule has 0 bridgehead atoms. The molecule has 0 aromatic heterocycles. The van der Waals surface area contributed by atoms with Crippen LogP contribution in [0.1, 0.15) is 51.2 Å². The number of urea groups is 2. The Balaban J connectivity index is 1.95. The molecule has 1 aliphatic heterocycles. The van der Waals surface area contributed by atoms with E-state index >= 15 is 0 Å². The maximum absolute atomic E-state index is 13.5. The second kappa shape index (κ2) is 9.61. The Morgan fingerprint density at radius 3 is 2.38 bits per heavy atom. The van der Waals surface area contributed by atoms with Crippen LogP contribution in [-0.4, -0.2) is 45.5 Å². The molecule has 1 unspecified atom stereocenters. The minimum atomic E-state index is -0.900. The molecule has 1 fully saturated rings. The molecule has 1 heterocycles. The summed E-state index contributed by atoms with van der Waals surface area (Å²) in [7, 11) is 0. The molecule has 3 rings (SSSR count). The van der Waals surface area contributed by atoms with E-state index in [0.717, 1.165) is 30.4 Å². The van der Waals surface area contributed by atoms with Crippen LogP contribution in [0, 0.1) is 13.8 Å². The van der Waals surface area contributed by atoms with Crippen LogP contribution >= 0.6 is 0 Å². The summed E-state index contributed by atoms with van der Waals surface area (Å²) in [5.41, 5.74) is 2.40. The molecule has 1 atom stereocenters. The van der Waals surface area contributed by atoms with Gasteiger partial charge in [-0.25, -0.2) is 9.59 Å². The molecule has 2 aromatic carbocycles. The van der Waals surface area contributed by atoms with E-state index in [4.69, 9.17) is 0 Å². The number of benzene rings is 2. The van der Waals surface area contributed by atoms with Gasteiger partial charge in [-0.15, -0.1) is 0 Å². The zero-order valence-electron chi connectivity index (χ0n) is 19.6. The smallest absolute Gasteiger partial charge is 0.315 e. The summed E-state index contributed by atoms with van der Waals surface area (Å²) in [6.07, 6.45) is 2.01. The van der Waals surface area contributed by atoms with Crippen LogP contribution < -0.4 is 10.2 Å². The van der Waals surface area contributed by atoms with E-state index in [1.54, 1.807) is 11.0 Å². The molecule has 2 N–H and O–H groups in total. The molecule has 1 saturated heterocycles. The van der Waals surface area contributed by atoms with Crippen molar-refractivity contribution in [3.05, 3.63) is 59.7 Å². The average Bonchev–Trinajstić information content (AvgIpc) is 2.93. The maximum atomic E-state index is 13.5. The lowest BCUT2D eigenvalue weighted by Gasteiger charge is -2.38. The number of hydrogen-bond donors (Lipinski definition) is 2. The number of aryl methyl sites for hydroxylation is 2. The van der Waals surface area contributed by atoms with E-state index in [-0.39, 0.29) is 6.03 Å².